The maximum absolute atomic E-state index is 12.1. The maximum atomic E-state index is 12.1. The number of unbranched alkanes of at least 4 members (excludes halogenated alkanes) is 1. The average molecular weight is 264 g/mol. The molecule has 0 unspecified atom stereocenters. The lowest BCUT2D eigenvalue weighted by Crippen LogP contribution is -2.28. The predicted molar refractivity (Wildman–Crippen MR) is 72.4 cm³/mol. The molecule has 104 valence electrons. The number of ether oxygens (including phenoxy) is 1. The third-order valence-electron chi connectivity index (χ3n) is 2.88. The number of carboxylic acids is 1. The van der Waals surface area contributed by atoms with Gasteiger partial charge < -0.3 is 9.84 Å². The summed E-state index contributed by atoms with van der Waals surface area (Å²) in [5.41, 5.74) is -0.517. The molecule has 0 heterocycles. The minimum absolute atomic E-state index is 0.0289. The van der Waals surface area contributed by atoms with Crippen LogP contribution in [0.4, 0.5) is 0 Å². The highest BCUT2D eigenvalue weighted by Gasteiger charge is 2.25. The van der Waals surface area contributed by atoms with E-state index in [9.17, 15) is 9.59 Å². The molecule has 0 aromatic heterocycles. The van der Waals surface area contributed by atoms with Crippen molar-refractivity contribution in [1.29, 1.82) is 0 Å². The van der Waals surface area contributed by atoms with Crippen molar-refractivity contribution in [2.24, 2.45) is 0 Å². The first-order valence-corrected chi connectivity index (χ1v) is 6.43. The zero-order chi connectivity index (χ0) is 14.5. The summed E-state index contributed by atoms with van der Waals surface area (Å²) in [6, 6.07) is 6.09. The van der Waals surface area contributed by atoms with E-state index in [1.807, 2.05) is 13.8 Å². The normalized spacial score (nSPS) is 11.1. The maximum Gasteiger partial charge on any atom is 0.339 e. The van der Waals surface area contributed by atoms with Crippen LogP contribution in [0.3, 0.4) is 0 Å². The highest BCUT2D eigenvalue weighted by atomic mass is 16.6. The van der Waals surface area contributed by atoms with Gasteiger partial charge in [0.1, 0.15) is 5.60 Å². The number of carbonyl (C=O) groups is 2. The van der Waals surface area contributed by atoms with Crippen LogP contribution >= 0.6 is 0 Å². The summed E-state index contributed by atoms with van der Waals surface area (Å²) < 4.78 is 5.41. The lowest BCUT2D eigenvalue weighted by Gasteiger charge is -2.25. The fraction of sp³-hybridized carbons (Fsp3) is 0.467. The fourth-order valence-corrected chi connectivity index (χ4v) is 1.81. The molecule has 4 heteroatoms. The zero-order valence-electron chi connectivity index (χ0n) is 11.6. The van der Waals surface area contributed by atoms with Crippen molar-refractivity contribution >= 4 is 11.9 Å². The Balaban J connectivity index is 2.87. The Morgan fingerprint density at radius 2 is 1.79 bits per heavy atom. The van der Waals surface area contributed by atoms with Crippen molar-refractivity contribution in [3.05, 3.63) is 35.4 Å². The van der Waals surface area contributed by atoms with E-state index in [0.29, 0.717) is 0 Å². The second-order valence-electron chi connectivity index (χ2n) is 5.10. The van der Waals surface area contributed by atoms with E-state index < -0.39 is 17.5 Å². The topological polar surface area (TPSA) is 63.6 Å². The molecule has 1 aromatic carbocycles. The van der Waals surface area contributed by atoms with Gasteiger partial charge in [-0.25, -0.2) is 9.59 Å². The smallest absolute Gasteiger partial charge is 0.339 e. The summed E-state index contributed by atoms with van der Waals surface area (Å²) in [5.74, 6) is -1.71. The van der Waals surface area contributed by atoms with Crippen molar-refractivity contribution in [3.8, 4) is 0 Å². The van der Waals surface area contributed by atoms with Gasteiger partial charge in [-0.3, -0.25) is 0 Å². The zero-order valence-corrected chi connectivity index (χ0v) is 11.6. The molecule has 1 N–H and O–H groups in total. The van der Waals surface area contributed by atoms with Gasteiger partial charge in [0.05, 0.1) is 11.1 Å². The summed E-state index contributed by atoms with van der Waals surface area (Å²) in [6.07, 6.45) is 2.73. The standard InChI is InChI=1S/C15H20O4/c1-4-5-10-15(2,3)19-14(18)12-9-7-6-8-11(12)13(16)17/h6-9H,4-5,10H2,1-3H3,(H,16,17). The Morgan fingerprint density at radius 1 is 1.21 bits per heavy atom. The molecule has 0 saturated carbocycles. The van der Waals surface area contributed by atoms with Crippen LogP contribution in [0.2, 0.25) is 0 Å². The molecule has 0 fully saturated rings. The molecular formula is C15H20O4. The Kier molecular flexibility index (Phi) is 5.10. The van der Waals surface area contributed by atoms with Gasteiger partial charge in [0, 0.05) is 0 Å². The van der Waals surface area contributed by atoms with Gasteiger partial charge in [-0.1, -0.05) is 25.5 Å². The van der Waals surface area contributed by atoms with Crippen molar-refractivity contribution in [2.75, 3.05) is 0 Å². The van der Waals surface area contributed by atoms with Gasteiger partial charge in [-0.2, -0.15) is 0 Å². The van der Waals surface area contributed by atoms with Gasteiger partial charge in [-0.15, -0.1) is 0 Å². The van der Waals surface area contributed by atoms with E-state index in [1.165, 1.54) is 12.1 Å². The van der Waals surface area contributed by atoms with Crippen LogP contribution in [0.1, 0.15) is 60.7 Å². The van der Waals surface area contributed by atoms with Crippen molar-refractivity contribution in [1.82, 2.24) is 0 Å². The fourth-order valence-electron chi connectivity index (χ4n) is 1.81. The summed E-state index contributed by atoms with van der Waals surface area (Å²) in [7, 11) is 0. The second-order valence-corrected chi connectivity index (χ2v) is 5.10. The number of esters is 1. The second kappa shape index (κ2) is 6.36. The Morgan fingerprint density at radius 3 is 2.32 bits per heavy atom. The summed E-state index contributed by atoms with van der Waals surface area (Å²) in [4.78, 5) is 23.1. The molecule has 0 aliphatic heterocycles. The molecule has 0 bridgehead atoms. The largest absolute Gasteiger partial charge is 0.478 e. The monoisotopic (exact) mass is 264 g/mol. The first kappa shape index (κ1) is 15.2. The third kappa shape index (κ3) is 4.39. The third-order valence-corrected chi connectivity index (χ3v) is 2.88. The molecule has 1 aromatic rings. The van der Waals surface area contributed by atoms with Crippen LogP contribution in [0.25, 0.3) is 0 Å². The predicted octanol–water partition coefficient (Wildman–Crippen LogP) is 3.51. The first-order valence-electron chi connectivity index (χ1n) is 6.43. The molecule has 0 aliphatic carbocycles. The van der Waals surface area contributed by atoms with Crippen molar-refractivity contribution < 1.29 is 19.4 Å². The number of carboxylic acid groups (broad SMARTS) is 1. The van der Waals surface area contributed by atoms with Crippen LogP contribution < -0.4 is 0 Å². The molecule has 19 heavy (non-hydrogen) atoms. The molecule has 0 saturated heterocycles. The minimum atomic E-state index is -1.13. The lowest BCUT2D eigenvalue weighted by molar-refractivity contribution is -0.00561. The number of aromatic carboxylic acids is 1. The van der Waals surface area contributed by atoms with Gasteiger partial charge in [-0.05, 0) is 38.8 Å². The molecule has 1 rings (SSSR count). The Hall–Kier alpha value is -1.84. The van der Waals surface area contributed by atoms with E-state index in [0.717, 1.165) is 19.3 Å². The molecule has 0 radical (unpaired) electrons. The molecular weight excluding hydrogens is 244 g/mol. The SMILES string of the molecule is CCCCC(C)(C)OC(=O)c1ccccc1C(=O)O. The van der Waals surface area contributed by atoms with Crippen LogP contribution in [-0.2, 0) is 4.74 Å². The van der Waals surface area contributed by atoms with Crippen LogP contribution in [-0.4, -0.2) is 22.6 Å². The molecule has 0 amide bonds. The van der Waals surface area contributed by atoms with Crippen molar-refractivity contribution in [3.63, 3.8) is 0 Å². The van der Waals surface area contributed by atoms with E-state index in [2.05, 4.69) is 6.92 Å². The summed E-state index contributed by atoms with van der Waals surface area (Å²) in [6.45, 7) is 5.74. The van der Waals surface area contributed by atoms with Gasteiger partial charge >= 0.3 is 11.9 Å². The molecule has 0 atom stereocenters. The quantitative estimate of drug-likeness (QED) is 0.798. The molecule has 0 aliphatic rings. The van der Waals surface area contributed by atoms with Gasteiger partial charge in [0.15, 0.2) is 0 Å². The lowest BCUT2D eigenvalue weighted by atomic mass is 10.0. The highest BCUT2D eigenvalue weighted by Crippen LogP contribution is 2.21. The van der Waals surface area contributed by atoms with E-state index in [4.69, 9.17) is 9.84 Å². The van der Waals surface area contributed by atoms with Gasteiger partial charge in [0.2, 0.25) is 0 Å². The van der Waals surface area contributed by atoms with E-state index in [1.54, 1.807) is 12.1 Å². The number of benzene rings is 1. The number of carbonyl (C=O) groups excluding carboxylic acids is 1. The minimum Gasteiger partial charge on any atom is -0.478 e. The van der Waals surface area contributed by atoms with Crippen LogP contribution in [0, 0.1) is 0 Å². The highest BCUT2D eigenvalue weighted by molar-refractivity contribution is 6.02. The summed E-state index contributed by atoms with van der Waals surface area (Å²) >= 11 is 0. The number of hydrogen-bond donors (Lipinski definition) is 1. The Labute approximate surface area is 113 Å². The van der Waals surface area contributed by atoms with E-state index in [-0.39, 0.29) is 11.1 Å². The Bertz CT molecular complexity index is 463. The number of rotatable bonds is 6. The molecule has 4 nitrogen and oxygen atoms in total. The number of hydrogen-bond acceptors (Lipinski definition) is 3. The van der Waals surface area contributed by atoms with Gasteiger partial charge in [0.25, 0.3) is 0 Å². The first-order chi connectivity index (χ1) is 8.87. The van der Waals surface area contributed by atoms with E-state index >= 15 is 0 Å². The summed E-state index contributed by atoms with van der Waals surface area (Å²) in [5, 5.41) is 9.05. The molecule has 0 spiro atoms. The van der Waals surface area contributed by atoms with Crippen molar-refractivity contribution in [2.45, 2.75) is 45.6 Å². The van der Waals surface area contributed by atoms with Crippen LogP contribution in [0.5, 0.6) is 0 Å². The van der Waals surface area contributed by atoms with Crippen LogP contribution in [0.15, 0.2) is 24.3 Å². The average Bonchev–Trinajstić information content (AvgIpc) is 2.36.